The average Bonchev–Trinajstić information content (AvgIpc) is 3.47. The van der Waals surface area contributed by atoms with E-state index in [1.165, 1.54) is 12.3 Å². The molecular weight excluding hydrogens is 537 g/mol. The first-order chi connectivity index (χ1) is 19.5. The highest BCUT2D eigenvalue weighted by Gasteiger charge is 2.28. The van der Waals surface area contributed by atoms with Crippen LogP contribution in [0.4, 0.5) is 10.1 Å². The maximum absolute atomic E-state index is 15.6. The van der Waals surface area contributed by atoms with Gasteiger partial charge in [0.15, 0.2) is 17.3 Å². The summed E-state index contributed by atoms with van der Waals surface area (Å²) >= 11 is 6.26. The lowest BCUT2D eigenvalue weighted by molar-refractivity contribution is 0.0378. The molecule has 4 heterocycles. The van der Waals surface area contributed by atoms with Crippen LogP contribution in [0.5, 0.6) is 11.5 Å². The number of hydrogen-bond acceptors (Lipinski definition) is 7. The van der Waals surface area contributed by atoms with E-state index in [0.717, 1.165) is 71.7 Å². The number of morpholine rings is 1. The minimum absolute atomic E-state index is 0.0479. The summed E-state index contributed by atoms with van der Waals surface area (Å²) in [4.78, 5) is 31.3. The third-order valence-electron chi connectivity index (χ3n) is 7.80. The number of amides is 1. The van der Waals surface area contributed by atoms with Gasteiger partial charge in [-0.3, -0.25) is 14.5 Å². The van der Waals surface area contributed by atoms with Crippen LogP contribution >= 0.6 is 11.6 Å². The Balaban J connectivity index is 1.32. The molecule has 0 spiro atoms. The second-order valence-electron chi connectivity index (χ2n) is 10.5. The van der Waals surface area contributed by atoms with E-state index in [0.29, 0.717) is 35.1 Å². The van der Waals surface area contributed by atoms with Gasteiger partial charge in [-0.1, -0.05) is 11.6 Å². The number of rotatable bonds is 9. The molecule has 0 atom stereocenters. The van der Waals surface area contributed by atoms with Crippen LogP contribution in [0.15, 0.2) is 35.3 Å². The molecule has 1 amide bonds. The van der Waals surface area contributed by atoms with Crippen molar-refractivity contribution < 1.29 is 18.7 Å². The number of fused-ring (bicyclic) bond motifs is 2. The Morgan fingerprint density at radius 1 is 1.02 bits per heavy atom. The van der Waals surface area contributed by atoms with Gasteiger partial charge in [-0.15, -0.1) is 0 Å². The lowest BCUT2D eigenvalue weighted by Gasteiger charge is -2.27. The van der Waals surface area contributed by atoms with Crippen LogP contribution < -0.4 is 20.8 Å². The standard InChI is InChI=1S/C29H33ClFN5O4/c30-19-4-5-23-24(16-19)40-28-25(32-6-3-10-35-12-14-39-15-13-35)22(31)17-20-26(28)36(23)18-21(27(20)37)29(38)33-7-11-34-8-1-2-9-34/h4-5,16-18,32H,1-3,6-15H2,(H,33,38). The third kappa shape index (κ3) is 5.41. The molecule has 11 heteroatoms. The number of nitrogens with zero attached hydrogens (tertiary/aromatic N) is 3. The molecule has 0 unspecified atom stereocenters. The normalized spacial score (nSPS) is 17.1. The smallest absolute Gasteiger partial charge is 0.256 e. The number of ether oxygens (including phenoxy) is 2. The number of carbonyl (C=O) groups excluding carboxylic acids is 1. The molecule has 0 aliphatic carbocycles. The number of hydrogen-bond donors (Lipinski definition) is 2. The van der Waals surface area contributed by atoms with Crippen molar-refractivity contribution in [3.05, 3.63) is 57.1 Å². The van der Waals surface area contributed by atoms with Crippen LogP contribution in [0.3, 0.4) is 0 Å². The predicted molar refractivity (Wildman–Crippen MR) is 153 cm³/mol. The van der Waals surface area contributed by atoms with Crippen LogP contribution in [0, 0.1) is 5.82 Å². The lowest BCUT2D eigenvalue weighted by Crippen LogP contribution is -2.37. The Morgan fingerprint density at radius 3 is 2.60 bits per heavy atom. The maximum Gasteiger partial charge on any atom is 0.256 e. The molecule has 212 valence electrons. The summed E-state index contributed by atoms with van der Waals surface area (Å²) in [5.74, 6) is -0.486. The largest absolute Gasteiger partial charge is 0.451 e. The Hall–Kier alpha value is -3.18. The molecule has 1 aromatic heterocycles. The SMILES string of the molecule is O=C(NCCN1CCCC1)c1cn2c3c(c(NCCCN4CCOCC4)c(F)cc3c1=O)Oc1cc(Cl)ccc1-2. The Labute approximate surface area is 236 Å². The van der Waals surface area contributed by atoms with Gasteiger partial charge in [0.2, 0.25) is 5.43 Å². The van der Waals surface area contributed by atoms with E-state index >= 15 is 4.39 Å². The highest BCUT2D eigenvalue weighted by molar-refractivity contribution is 6.30. The molecule has 3 aliphatic heterocycles. The van der Waals surface area contributed by atoms with E-state index in [1.807, 2.05) is 0 Å². The van der Waals surface area contributed by atoms with E-state index in [1.54, 1.807) is 22.8 Å². The highest BCUT2D eigenvalue weighted by atomic mass is 35.5. The molecule has 3 aromatic rings. The van der Waals surface area contributed by atoms with Crippen molar-refractivity contribution in [3.8, 4) is 17.2 Å². The fourth-order valence-electron chi connectivity index (χ4n) is 5.69. The number of nitrogens with one attached hydrogen (secondary N) is 2. The molecule has 3 aliphatic rings. The van der Waals surface area contributed by atoms with Gasteiger partial charge in [-0.2, -0.15) is 0 Å². The second-order valence-corrected chi connectivity index (χ2v) is 10.9. The lowest BCUT2D eigenvalue weighted by atomic mass is 10.1. The number of carbonyl (C=O) groups is 1. The van der Waals surface area contributed by atoms with Gasteiger partial charge in [-0.25, -0.2) is 4.39 Å². The van der Waals surface area contributed by atoms with E-state index in [2.05, 4.69) is 20.4 Å². The summed E-state index contributed by atoms with van der Waals surface area (Å²) < 4.78 is 28.9. The van der Waals surface area contributed by atoms with Crippen molar-refractivity contribution in [2.75, 3.05) is 70.9 Å². The Kier molecular flexibility index (Phi) is 7.93. The molecule has 2 aromatic carbocycles. The number of benzene rings is 2. The van der Waals surface area contributed by atoms with E-state index < -0.39 is 17.2 Å². The summed E-state index contributed by atoms with van der Waals surface area (Å²) in [6, 6.07) is 6.32. The van der Waals surface area contributed by atoms with Gasteiger partial charge in [-0.05, 0) is 57.1 Å². The first-order valence-electron chi connectivity index (χ1n) is 13.9. The number of aromatic nitrogens is 1. The number of likely N-dealkylation sites (tertiary alicyclic amines) is 1. The van der Waals surface area contributed by atoms with Gasteiger partial charge < -0.3 is 29.6 Å². The number of halogens is 2. The van der Waals surface area contributed by atoms with Crippen LogP contribution in [-0.2, 0) is 4.74 Å². The Bertz CT molecular complexity index is 1480. The van der Waals surface area contributed by atoms with Crippen molar-refractivity contribution in [2.24, 2.45) is 0 Å². The van der Waals surface area contributed by atoms with E-state index in [-0.39, 0.29) is 22.4 Å². The third-order valence-corrected chi connectivity index (χ3v) is 8.04. The molecular formula is C29H33ClFN5O4. The summed E-state index contributed by atoms with van der Waals surface area (Å²) in [7, 11) is 0. The molecule has 0 bridgehead atoms. The predicted octanol–water partition coefficient (Wildman–Crippen LogP) is 3.85. The monoisotopic (exact) mass is 569 g/mol. The van der Waals surface area contributed by atoms with E-state index in [4.69, 9.17) is 21.1 Å². The highest BCUT2D eigenvalue weighted by Crippen LogP contribution is 2.45. The fraction of sp³-hybridized carbons (Fsp3) is 0.448. The average molecular weight is 570 g/mol. The van der Waals surface area contributed by atoms with Crippen molar-refractivity contribution in [2.45, 2.75) is 19.3 Å². The van der Waals surface area contributed by atoms with Crippen LogP contribution in [-0.4, -0.2) is 85.8 Å². The molecule has 6 rings (SSSR count). The minimum Gasteiger partial charge on any atom is -0.451 e. The van der Waals surface area contributed by atoms with E-state index in [9.17, 15) is 9.59 Å². The topological polar surface area (TPSA) is 88.1 Å². The Morgan fingerprint density at radius 2 is 1.80 bits per heavy atom. The molecule has 40 heavy (non-hydrogen) atoms. The first kappa shape index (κ1) is 27.0. The number of anilines is 1. The summed E-state index contributed by atoms with van der Waals surface area (Å²) in [5, 5.41) is 6.60. The van der Waals surface area contributed by atoms with Gasteiger partial charge in [0.1, 0.15) is 16.8 Å². The van der Waals surface area contributed by atoms with Gasteiger partial charge in [0, 0.05) is 50.0 Å². The molecule has 2 N–H and O–H groups in total. The van der Waals surface area contributed by atoms with Gasteiger partial charge in [0.05, 0.1) is 24.3 Å². The van der Waals surface area contributed by atoms with Crippen molar-refractivity contribution in [3.63, 3.8) is 0 Å². The maximum atomic E-state index is 15.6. The fourth-order valence-corrected chi connectivity index (χ4v) is 5.85. The number of pyridine rings is 1. The molecule has 2 fully saturated rings. The molecule has 9 nitrogen and oxygen atoms in total. The summed E-state index contributed by atoms with van der Waals surface area (Å²) in [6.07, 6.45) is 4.64. The molecule has 0 radical (unpaired) electrons. The zero-order valence-electron chi connectivity index (χ0n) is 22.3. The summed E-state index contributed by atoms with van der Waals surface area (Å²) in [6.45, 7) is 7.79. The van der Waals surface area contributed by atoms with Crippen LogP contribution in [0.2, 0.25) is 5.02 Å². The first-order valence-corrected chi connectivity index (χ1v) is 14.3. The molecule has 0 saturated carbocycles. The van der Waals surface area contributed by atoms with Crippen LogP contribution in [0.1, 0.15) is 29.6 Å². The van der Waals surface area contributed by atoms with Gasteiger partial charge >= 0.3 is 0 Å². The van der Waals surface area contributed by atoms with Crippen LogP contribution in [0.25, 0.3) is 16.6 Å². The quantitative estimate of drug-likeness (QED) is 0.296. The van der Waals surface area contributed by atoms with Crippen molar-refractivity contribution >= 4 is 34.1 Å². The molecule has 2 saturated heterocycles. The zero-order chi connectivity index (χ0) is 27.6. The summed E-state index contributed by atoms with van der Waals surface area (Å²) in [5.41, 5.74) is 0.609. The van der Waals surface area contributed by atoms with Gasteiger partial charge in [0.25, 0.3) is 5.91 Å². The van der Waals surface area contributed by atoms with Crippen molar-refractivity contribution in [1.29, 1.82) is 0 Å². The zero-order valence-corrected chi connectivity index (χ0v) is 23.1. The minimum atomic E-state index is -0.616. The van der Waals surface area contributed by atoms with Crippen molar-refractivity contribution in [1.82, 2.24) is 19.7 Å². The second kappa shape index (κ2) is 11.7.